The van der Waals surface area contributed by atoms with Gasteiger partial charge in [0.05, 0.1) is 4.90 Å². The molecular weight excluding hydrogens is 380 g/mol. The molecule has 1 aliphatic heterocycles. The molecule has 1 amide bonds. The first-order chi connectivity index (χ1) is 9.38. The predicted octanol–water partition coefficient (Wildman–Crippen LogP) is 1.59. The highest BCUT2D eigenvalue weighted by molar-refractivity contribution is 9.10. The van der Waals surface area contributed by atoms with Gasteiger partial charge in [-0.2, -0.15) is 0 Å². The molecule has 0 radical (unpaired) electrons. The van der Waals surface area contributed by atoms with Crippen LogP contribution in [0.1, 0.15) is 12.8 Å². The van der Waals surface area contributed by atoms with Gasteiger partial charge in [-0.15, -0.1) is 12.4 Å². The quantitative estimate of drug-likeness (QED) is 0.840. The molecule has 0 aliphatic carbocycles. The molecule has 1 aliphatic rings. The summed E-state index contributed by atoms with van der Waals surface area (Å²) in [5, 5.41) is 0. The molecule has 1 heterocycles. The third-order valence-corrected chi connectivity index (χ3v) is 5.37. The average Bonchev–Trinajstić information content (AvgIpc) is 2.38. The molecule has 8 heteroatoms. The minimum absolute atomic E-state index is 0. The molecule has 1 aromatic carbocycles. The smallest absolute Gasteiger partial charge is 0.238 e. The minimum atomic E-state index is -3.61. The lowest BCUT2D eigenvalue weighted by Crippen LogP contribution is -2.47. The van der Waals surface area contributed by atoms with Crippen molar-refractivity contribution in [1.82, 2.24) is 4.90 Å². The zero-order chi connectivity index (χ0) is 14.8. The molecule has 118 valence electrons. The van der Waals surface area contributed by atoms with Gasteiger partial charge in [-0.05, 0) is 31.0 Å². The number of hydrogen-bond acceptors (Lipinski definition) is 4. The van der Waals surface area contributed by atoms with E-state index >= 15 is 0 Å². The Morgan fingerprint density at radius 2 is 2.14 bits per heavy atom. The number of rotatable bonds is 3. The van der Waals surface area contributed by atoms with Gasteiger partial charge in [0.25, 0.3) is 0 Å². The van der Waals surface area contributed by atoms with Crippen molar-refractivity contribution in [3.05, 3.63) is 28.7 Å². The molecule has 2 rings (SSSR count). The Balaban J connectivity index is 0.00000220. The fourth-order valence-corrected chi connectivity index (χ4v) is 4.05. The lowest BCUT2D eigenvalue weighted by atomic mass is 10.1. The topological polar surface area (TPSA) is 80.5 Å². The van der Waals surface area contributed by atoms with Crippen molar-refractivity contribution in [3.8, 4) is 0 Å². The fraction of sp³-hybridized carbons (Fsp3) is 0.462. The minimum Gasteiger partial charge on any atom is -0.340 e. The standard InChI is InChI=1S/C13H17BrN2O3S.ClH/c14-10-3-1-5-12(7-10)20(18,19)9-13(17)16-6-2-4-11(15)8-16;/h1,3,5,7,11H,2,4,6,8-9,15H2;1H. The number of benzene rings is 1. The van der Waals surface area contributed by atoms with E-state index in [1.807, 2.05) is 0 Å². The molecular formula is C13H18BrClN2O3S. The summed E-state index contributed by atoms with van der Waals surface area (Å²) in [4.78, 5) is 13.8. The molecule has 21 heavy (non-hydrogen) atoms. The first-order valence-corrected chi connectivity index (χ1v) is 8.85. The SMILES string of the molecule is Cl.NC1CCCN(C(=O)CS(=O)(=O)c2cccc(Br)c2)C1. The number of halogens is 2. The highest BCUT2D eigenvalue weighted by Gasteiger charge is 2.26. The second-order valence-corrected chi connectivity index (χ2v) is 7.86. The Labute approximate surface area is 139 Å². The van der Waals surface area contributed by atoms with E-state index in [1.165, 1.54) is 12.1 Å². The van der Waals surface area contributed by atoms with E-state index in [2.05, 4.69) is 15.9 Å². The van der Waals surface area contributed by atoms with Crippen molar-refractivity contribution in [2.75, 3.05) is 18.8 Å². The summed E-state index contributed by atoms with van der Waals surface area (Å²) in [5.74, 6) is -0.879. The fourth-order valence-electron chi connectivity index (χ4n) is 2.23. The van der Waals surface area contributed by atoms with E-state index in [9.17, 15) is 13.2 Å². The monoisotopic (exact) mass is 396 g/mol. The van der Waals surface area contributed by atoms with Crippen molar-refractivity contribution in [2.24, 2.45) is 5.73 Å². The first-order valence-electron chi connectivity index (χ1n) is 6.40. The van der Waals surface area contributed by atoms with Crippen LogP contribution < -0.4 is 5.73 Å². The van der Waals surface area contributed by atoms with Crippen LogP contribution in [0.4, 0.5) is 0 Å². The van der Waals surface area contributed by atoms with E-state index in [-0.39, 0.29) is 29.3 Å². The summed E-state index contributed by atoms with van der Waals surface area (Å²) in [6.45, 7) is 1.02. The number of sulfone groups is 1. The van der Waals surface area contributed by atoms with Crippen LogP contribution in [0, 0.1) is 0 Å². The summed E-state index contributed by atoms with van der Waals surface area (Å²) in [6.07, 6.45) is 1.70. The Hall–Kier alpha value is -0.630. The molecule has 1 unspecified atom stereocenters. The molecule has 0 spiro atoms. The highest BCUT2D eigenvalue weighted by Crippen LogP contribution is 2.18. The molecule has 0 bridgehead atoms. The number of nitrogens with zero attached hydrogens (tertiary/aromatic N) is 1. The molecule has 2 N–H and O–H groups in total. The van der Waals surface area contributed by atoms with Gasteiger partial charge in [0.15, 0.2) is 9.84 Å². The molecule has 0 aromatic heterocycles. The van der Waals surface area contributed by atoms with Crippen LogP contribution in [0.5, 0.6) is 0 Å². The van der Waals surface area contributed by atoms with Crippen LogP contribution in [-0.4, -0.2) is 44.1 Å². The molecule has 1 atom stereocenters. The molecule has 0 saturated carbocycles. The van der Waals surface area contributed by atoms with Crippen molar-refractivity contribution in [2.45, 2.75) is 23.8 Å². The number of carbonyl (C=O) groups excluding carboxylic acids is 1. The largest absolute Gasteiger partial charge is 0.340 e. The maximum Gasteiger partial charge on any atom is 0.238 e. The van der Waals surface area contributed by atoms with Crippen molar-refractivity contribution in [1.29, 1.82) is 0 Å². The Morgan fingerprint density at radius 3 is 2.76 bits per heavy atom. The second kappa shape index (κ2) is 7.58. The third-order valence-electron chi connectivity index (χ3n) is 3.28. The van der Waals surface area contributed by atoms with Crippen molar-refractivity contribution in [3.63, 3.8) is 0 Å². The number of carbonyl (C=O) groups is 1. The van der Waals surface area contributed by atoms with Gasteiger partial charge in [0, 0.05) is 23.6 Å². The lowest BCUT2D eigenvalue weighted by molar-refractivity contribution is -0.129. The van der Waals surface area contributed by atoms with Crippen LogP contribution in [0.3, 0.4) is 0 Å². The number of piperidine rings is 1. The zero-order valence-electron chi connectivity index (χ0n) is 11.4. The normalized spacial score (nSPS) is 19.0. The first kappa shape index (κ1) is 18.4. The van der Waals surface area contributed by atoms with E-state index in [4.69, 9.17) is 5.73 Å². The van der Waals surface area contributed by atoms with Crippen LogP contribution in [0.2, 0.25) is 0 Å². The van der Waals surface area contributed by atoms with Crippen LogP contribution in [0.15, 0.2) is 33.6 Å². The van der Waals surface area contributed by atoms with E-state index in [0.29, 0.717) is 17.6 Å². The van der Waals surface area contributed by atoms with Crippen LogP contribution in [0.25, 0.3) is 0 Å². The maximum atomic E-state index is 12.2. The summed E-state index contributed by atoms with van der Waals surface area (Å²) < 4.78 is 25.1. The third kappa shape index (κ3) is 4.95. The van der Waals surface area contributed by atoms with Crippen molar-refractivity contribution >= 4 is 44.1 Å². The van der Waals surface area contributed by atoms with Gasteiger partial charge in [0.2, 0.25) is 5.91 Å². The second-order valence-electron chi connectivity index (χ2n) is 4.96. The van der Waals surface area contributed by atoms with Gasteiger partial charge in [-0.25, -0.2) is 8.42 Å². The number of amides is 1. The lowest BCUT2D eigenvalue weighted by Gasteiger charge is -2.30. The molecule has 1 saturated heterocycles. The van der Waals surface area contributed by atoms with E-state index < -0.39 is 15.6 Å². The average molecular weight is 398 g/mol. The van der Waals surface area contributed by atoms with E-state index in [1.54, 1.807) is 17.0 Å². The van der Waals surface area contributed by atoms with Crippen molar-refractivity contribution < 1.29 is 13.2 Å². The van der Waals surface area contributed by atoms with Crippen LogP contribution >= 0.6 is 28.3 Å². The zero-order valence-corrected chi connectivity index (χ0v) is 14.6. The van der Waals surface area contributed by atoms with Gasteiger partial charge in [-0.3, -0.25) is 4.79 Å². The van der Waals surface area contributed by atoms with Gasteiger partial charge >= 0.3 is 0 Å². The number of likely N-dealkylation sites (tertiary alicyclic amines) is 1. The van der Waals surface area contributed by atoms with Crippen LogP contribution in [-0.2, 0) is 14.6 Å². The van der Waals surface area contributed by atoms with Gasteiger partial charge in [-0.1, -0.05) is 22.0 Å². The predicted molar refractivity (Wildman–Crippen MR) is 87.2 cm³/mol. The number of hydrogen-bond donors (Lipinski definition) is 1. The van der Waals surface area contributed by atoms with Gasteiger partial charge < -0.3 is 10.6 Å². The summed E-state index contributed by atoms with van der Waals surface area (Å²) in [6, 6.07) is 6.32. The molecule has 1 fully saturated rings. The molecule has 1 aromatic rings. The summed E-state index contributed by atoms with van der Waals surface area (Å²) in [5.41, 5.74) is 5.81. The highest BCUT2D eigenvalue weighted by atomic mass is 79.9. The summed E-state index contributed by atoms with van der Waals surface area (Å²) >= 11 is 3.23. The Morgan fingerprint density at radius 1 is 1.43 bits per heavy atom. The number of nitrogens with two attached hydrogens (primary N) is 1. The Kier molecular flexibility index (Phi) is 6.65. The van der Waals surface area contributed by atoms with Gasteiger partial charge in [0.1, 0.15) is 5.75 Å². The molecule has 5 nitrogen and oxygen atoms in total. The Bertz CT molecular complexity index is 609. The summed E-state index contributed by atoms with van der Waals surface area (Å²) in [7, 11) is -3.61. The maximum absolute atomic E-state index is 12.2. The van der Waals surface area contributed by atoms with E-state index in [0.717, 1.165) is 12.8 Å².